The molecular formula is C25H45NO2. The van der Waals surface area contributed by atoms with E-state index in [4.69, 9.17) is 9.47 Å². The van der Waals surface area contributed by atoms with Crippen molar-refractivity contribution in [1.29, 1.82) is 0 Å². The van der Waals surface area contributed by atoms with Gasteiger partial charge in [-0.2, -0.15) is 0 Å². The predicted octanol–water partition coefficient (Wildman–Crippen LogP) is 6.82. The number of nitrogens with zero attached hydrogens (tertiary/aromatic N) is 1. The van der Waals surface area contributed by atoms with Crippen LogP contribution in [-0.2, 0) is 9.47 Å². The van der Waals surface area contributed by atoms with E-state index in [1.807, 2.05) is 0 Å². The minimum absolute atomic E-state index is 0.299. The van der Waals surface area contributed by atoms with Crippen LogP contribution in [0.2, 0.25) is 0 Å². The van der Waals surface area contributed by atoms with Gasteiger partial charge in [-0.05, 0) is 63.7 Å². The topological polar surface area (TPSA) is 21.7 Å². The number of rotatable bonds is 0. The third-order valence-electron chi connectivity index (χ3n) is 6.99. The molecule has 0 N–H and O–H groups in total. The molecule has 2 aliphatic heterocycles. The lowest BCUT2D eigenvalue weighted by Gasteiger charge is -2.37. The van der Waals surface area contributed by atoms with E-state index < -0.39 is 0 Å². The average molecular weight is 392 g/mol. The minimum Gasteiger partial charge on any atom is -0.363 e. The maximum atomic E-state index is 6.42. The van der Waals surface area contributed by atoms with E-state index in [1.54, 1.807) is 0 Å². The lowest BCUT2D eigenvalue weighted by atomic mass is 9.84. The summed E-state index contributed by atoms with van der Waals surface area (Å²) in [4.78, 5) is 2.47. The molecule has 3 atom stereocenters. The van der Waals surface area contributed by atoms with Gasteiger partial charge in [-0.1, -0.05) is 63.5 Å². The zero-order chi connectivity index (χ0) is 19.3. The molecule has 0 radical (unpaired) electrons. The zero-order valence-electron chi connectivity index (χ0n) is 18.3. The predicted molar refractivity (Wildman–Crippen MR) is 117 cm³/mol. The van der Waals surface area contributed by atoms with Crippen molar-refractivity contribution in [3.05, 3.63) is 12.2 Å². The lowest BCUT2D eigenvalue weighted by Crippen LogP contribution is -2.45. The van der Waals surface area contributed by atoms with Gasteiger partial charge in [0.15, 0.2) is 0 Å². The smallest absolute Gasteiger partial charge is 0.112 e. The molecule has 1 saturated carbocycles. The molecule has 3 aliphatic rings. The van der Waals surface area contributed by atoms with Gasteiger partial charge in [0.1, 0.15) is 13.0 Å². The maximum Gasteiger partial charge on any atom is 0.112 e. The fourth-order valence-corrected chi connectivity index (χ4v) is 5.23. The van der Waals surface area contributed by atoms with Crippen molar-refractivity contribution >= 4 is 0 Å². The van der Waals surface area contributed by atoms with Gasteiger partial charge >= 0.3 is 0 Å². The van der Waals surface area contributed by atoms with Crippen molar-refractivity contribution in [3.8, 4) is 0 Å². The number of allylic oxidation sites excluding steroid dienone is 2. The Labute approximate surface area is 174 Å². The molecule has 3 unspecified atom stereocenters. The Morgan fingerprint density at radius 2 is 1.36 bits per heavy atom. The molecule has 1 saturated heterocycles. The van der Waals surface area contributed by atoms with E-state index in [0.717, 1.165) is 32.2 Å². The van der Waals surface area contributed by atoms with E-state index in [1.165, 1.54) is 103 Å². The number of hydrogen-bond donors (Lipinski definition) is 0. The fourth-order valence-electron chi connectivity index (χ4n) is 5.23. The number of fused-ring (bicyclic) bond motifs is 3. The van der Waals surface area contributed by atoms with Crippen LogP contribution in [0.3, 0.4) is 0 Å². The summed E-state index contributed by atoms with van der Waals surface area (Å²) >= 11 is 0. The molecule has 1 aliphatic carbocycles. The van der Waals surface area contributed by atoms with Crippen molar-refractivity contribution in [3.63, 3.8) is 0 Å². The van der Waals surface area contributed by atoms with Crippen LogP contribution >= 0.6 is 0 Å². The normalized spacial score (nSPS) is 33.5. The Balaban J connectivity index is 1.47. The van der Waals surface area contributed by atoms with Gasteiger partial charge in [-0.3, -0.25) is 4.90 Å². The van der Waals surface area contributed by atoms with Gasteiger partial charge in [0.25, 0.3) is 0 Å². The van der Waals surface area contributed by atoms with Gasteiger partial charge in [-0.25, -0.2) is 0 Å². The first-order chi connectivity index (χ1) is 13.9. The SMILES string of the molecule is C1=CCCCCC2CCCC(C2)OCN2CCCOC2CCCCCCCC1. The summed E-state index contributed by atoms with van der Waals surface area (Å²) in [5, 5.41) is 0. The molecule has 0 amide bonds. The summed E-state index contributed by atoms with van der Waals surface area (Å²) < 4.78 is 12.5. The quantitative estimate of drug-likeness (QED) is 0.423. The summed E-state index contributed by atoms with van der Waals surface area (Å²) in [5.41, 5.74) is 0. The first-order valence-electron chi connectivity index (χ1n) is 12.5. The number of hydrogen-bond acceptors (Lipinski definition) is 3. The van der Waals surface area contributed by atoms with Crippen molar-refractivity contribution in [2.24, 2.45) is 5.92 Å². The molecule has 0 aromatic heterocycles. The van der Waals surface area contributed by atoms with Gasteiger partial charge in [0.05, 0.1) is 6.10 Å². The molecule has 0 spiro atoms. The molecule has 3 heteroatoms. The summed E-state index contributed by atoms with van der Waals surface area (Å²) in [7, 11) is 0. The van der Waals surface area contributed by atoms with Crippen LogP contribution in [0, 0.1) is 5.92 Å². The minimum atomic E-state index is 0.299. The van der Waals surface area contributed by atoms with Gasteiger partial charge in [0, 0.05) is 13.2 Å². The Morgan fingerprint density at radius 1 is 0.643 bits per heavy atom. The molecule has 162 valence electrons. The van der Waals surface area contributed by atoms with Gasteiger partial charge in [-0.15, -0.1) is 0 Å². The highest BCUT2D eigenvalue weighted by Crippen LogP contribution is 2.30. The van der Waals surface area contributed by atoms with Crippen LogP contribution < -0.4 is 0 Å². The molecule has 3 nitrogen and oxygen atoms in total. The van der Waals surface area contributed by atoms with Gasteiger partial charge in [0.2, 0.25) is 0 Å². The molecule has 0 aromatic carbocycles. The monoisotopic (exact) mass is 391 g/mol. The highest BCUT2D eigenvalue weighted by molar-refractivity contribution is 4.82. The number of ether oxygens (including phenoxy) is 2. The lowest BCUT2D eigenvalue weighted by molar-refractivity contribution is -0.155. The first kappa shape index (κ1) is 22.3. The fraction of sp³-hybridized carbons (Fsp3) is 0.920. The first-order valence-corrected chi connectivity index (χ1v) is 12.5. The standard InChI is InChI=1S/C25H45NO2/c1-2-4-6-8-10-12-18-25-26(19-14-20-27-25)22-28-24-17-13-16-23(21-24)15-11-9-7-5-3-1/h3,5,23-25H,1-2,4,6-22H2. The van der Waals surface area contributed by atoms with Crippen LogP contribution in [0.1, 0.15) is 109 Å². The largest absolute Gasteiger partial charge is 0.363 e. The second kappa shape index (κ2) is 13.8. The van der Waals surface area contributed by atoms with E-state index >= 15 is 0 Å². The Hall–Kier alpha value is -0.380. The highest BCUT2D eigenvalue weighted by Gasteiger charge is 2.26. The Bertz CT molecular complexity index is 425. The molecule has 2 fully saturated rings. The summed E-state index contributed by atoms with van der Waals surface area (Å²) in [6, 6.07) is 0. The maximum absolute atomic E-state index is 6.42. The van der Waals surface area contributed by atoms with Crippen LogP contribution in [0.5, 0.6) is 0 Å². The molecule has 28 heavy (non-hydrogen) atoms. The molecule has 2 heterocycles. The van der Waals surface area contributed by atoms with Crippen molar-refractivity contribution in [2.45, 2.75) is 121 Å². The second-order valence-electron chi connectivity index (χ2n) is 9.40. The summed E-state index contributed by atoms with van der Waals surface area (Å²) in [6.07, 6.45) is 28.2. The van der Waals surface area contributed by atoms with E-state index in [2.05, 4.69) is 17.1 Å². The van der Waals surface area contributed by atoms with Crippen molar-refractivity contribution in [2.75, 3.05) is 19.9 Å². The van der Waals surface area contributed by atoms with Crippen LogP contribution in [0.4, 0.5) is 0 Å². The van der Waals surface area contributed by atoms with Crippen LogP contribution in [0.15, 0.2) is 12.2 Å². The zero-order valence-corrected chi connectivity index (χ0v) is 18.3. The molecule has 0 aromatic rings. The molecular weight excluding hydrogens is 346 g/mol. The van der Waals surface area contributed by atoms with Crippen molar-refractivity contribution < 1.29 is 9.47 Å². The summed E-state index contributed by atoms with van der Waals surface area (Å²) in [5.74, 6) is 0.894. The van der Waals surface area contributed by atoms with E-state index in [-0.39, 0.29) is 0 Å². The molecule has 2 bridgehead atoms. The Kier molecular flexibility index (Phi) is 11.0. The Morgan fingerprint density at radius 3 is 2.25 bits per heavy atom. The molecule has 3 rings (SSSR count). The summed E-state index contributed by atoms with van der Waals surface area (Å²) in [6.45, 7) is 2.86. The highest BCUT2D eigenvalue weighted by atomic mass is 16.5. The average Bonchev–Trinajstić information content (AvgIpc) is 2.73. The van der Waals surface area contributed by atoms with Crippen molar-refractivity contribution in [1.82, 2.24) is 4.90 Å². The van der Waals surface area contributed by atoms with E-state index in [0.29, 0.717) is 12.3 Å². The van der Waals surface area contributed by atoms with E-state index in [9.17, 15) is 0 Å². The second-order valence-corrected chi connectivity index (χ2v) is 9.40. The van der Waals surface area contributed by atoms with Gasteiger partial charge < -0.3 is 9.47 Å². The third-order valence-corrected chi connectivity index (χ3v) is 6.99. The third kappa shape index (κ3) is 8.55. The van der Waals surface area contributed by atoms with Crippen LogP contribution in [0.25, 0.3) is 0 Å². The van der Waals surface area contributed by atoms with Crippen LogP contribution in [-0.4, -0.2) is 37.1 Å².